The number of benzene rings is 3. The number of nitrogens with two attached hydrogens (primary N) is 1. The number of thiophene rings is 1. The summed E-state index contributed by atoms with van der Waals surface area (Å²) in [7, 11) is 0. The first-order valence-corrected chi connectivity index (χ1v) is 11.6. The van der Waals surface area contributed by atoms with Crippen LogP contribution in [0.15, 0.2) is 97.1 Å². The molecule has 5 rings (SSSR count). The lowest BCUT2D eigenvalue weighted by atomic mass is 9.99. The summed E-state index contributed by atoms with van der Waals surface area (Å²) < 4.78 is 0. The molecular formula is C28H23N3OS. The largest absolute Gasteiger partial charge is 0.397 e. The molecule has 0 unspecified atom stereocenters. The SMILES string of the molecule is C[C@@H](NC(=O)c1sc2nc(-c3ccccc3)cc(-c3ccccc3)c2c1N)c1ccccc1. The number of carbonyl (C=O) groups is 1. The van der Waals surface area contributed by atoms with E-state index in [0.717, 1.165) is 38.2 Å². The molecule has 3 N–H and O–H groups in total. The molecule has 33 heavy (non-hydrogen) atoms. The molecule has 5 heteroatoms. The Bertz CT molecular complexity index is 1410. The second kappa shape index (κ2) is 8.88. The second-order valence-electron chi connectivity index (χ2n) is 7.92. The molecule has 0 radical (unpaired) electrons. The van der Waals surface area contributed by atoms with E-state index in [4.69, 9.17) is 10.7 Å². The number of carbonyl (C=O) groups excluding carboxylic acids is 1. The van der Waals surface area contributed by atoms with Crippen molar-refractivity contribution >= 4 is 33.1 Å². The fourth-order valence-electron chi connectivity index (χ4n) is 3.98. The van der Waals surface area contributed by atoms with E-state index in [-0.39, 0.29) is 11.9 Å². The predicted molar refractivity (Wildman–Crippen MR) is 137 cm³/mol. The van der Waals surface area contributed by atoms with Gasteiger partial charge in [0.25, 0.3) is 5.91 Å². The van der Waals surface area contributed by atoms with Crippen LogP contribution in [0.25, 0.3) is 32.6 Å². The summed E-state index contributed by atoms with van der Waals surface area (Å²) in [4.78, 5) is 19.3. The van der Waals surface area contributed by atoms with Gasteiger partial charge in [0.05, 0.1) is 17.4 Å². The van der Waals surface area contributed by atoms with Gasteiger partial charge in [0.15, 0.2) is 0 Å². The number of nitrogens with one attached hydrogen (secondary N) is 1. The van der Waals surface area contributed by atoms with E-state index in [2.05, 4.69) is 23.5 Å². The third kappa shape index (κ3) is 4.11. The predicted octanol–water partition coefficient (Wildman–Crippen LogP) is 6.70. The fraction of sp³-hybridized carbons (Fsp3) is 0.0714. The molecule has 0 fully saturated rings. The smallest absolute Gasteiger partial charge is 0.264 e. The van der Waals surface area contributed by atoms with Crippen molar-refractivity contribution in [3.05, 3.63) is 108 Å². The van der Waals surface area contributed by atoms with Crippen molar-refractivity contribution in [2.75, 3.05) is 5.73 Å². The minimum atomic E-state index is -0.188. The molecule has 0 saturated heterocycles. The normalized spacial score (nSPS) is 11.9. The molecule has 3 aromatic carbocycles. The zero-order valence-electron chi connectivity index (χ0n) is 18.2. The number of rotatable bonds is 5. The average Bonchev–Trinajstić information content (AvgIpc) is 3.21. The van der Waals surface area contributed by atoms with E-state index in [1.807, 2.05) is 85.8 Å². The van der Waals surface area contributed by atoms with Gasteiger partial charge in [-0.25, -0.2) is 4.98 Å². The van der Waals surface area contributed by atoms with Gasteiger partial charge in [-0.3, -0.25) is 4.79 Å². The molecule has 4 nitrogen and oxygen atoms in total. The van der Waals surface area contributed by atoms with Crippen molar-refractivity contribution in [3.63, 3.8) is 0 Å². The van der Waals surface area contributed by atoms with Gasteiger partial charge in [0.1, 0.15) is 9.71 Å². The Hall–Kier alpha value is -3.96. The maximum atomic E-state index is 13.2. The number of fused-ring (bicyclic) bond motifs is 1. The summed E-state index contributed by atoms with van der Waals surface area (Å²) in [5, 5.41) is 3.91. The fourth-order valence-corrected chi connectivity index (χ4v) is 5.00. The van der Waals surface area contributed by atoms with Crippen LogP contribution in [-0.2, 0) is 0 Å². The average molecular weight is 450 g/mol. The number of aromatic nitrogens is 1. The minimum Gasteiger partial charge on any atom is -0.397 e. The van der Waals surface area contributed by atoms with Crippen LogP contribution in [0.5, 0.6) is 0 Å². The molecule has 2 heterocycles. The van der Waals surface area contributed by atoms with Crippen LogP contribution < -0.4 is 11.1 Å². The number of hydrogen-bond donors (Lipinski definition) is 2. The van der Waals surface area contributed by atoms with E-state index in [1.165, 1.54) is 11.3 Å². The highest BCUT2D eigenvalue weighted by Gasteiger charge is 2.22. The Balaban J connectivity index is 1.62. The van der Waals surface area contributed by atoms with Crippen LogP contribution in [0.2, 0.25) is 0 Å². The highest BCUT2D eigenvalue weighted by Crippen LogP contribution is 2.41. The first kappa shape index (κ1) is 20.9. The van der Waals surface area contributed by atoms with Gasteiger partial charge in [-0.2, -0.15) is 0 Å². The van der Waals surface area contributed by atoms with Gasteiger partial charge < -0.3 is 11.1 Å². The monoisotopic (exact) mass is 449 g/mol. The molecule has 0 spiro atoms. The standard InChI is InChI=1S/C28H23N3OS/c1-18(19-11-5-2-6-12-19)30-27(32)26-25(29)24-22(20-13-7-3-8-14-20)17-23(31-28(24)33-26)21-15-9-4-10-16-21/h2-18H,29H2,1H3,(H,30,32)/t18-/m1/s1. The summed E-state index contributed by atoms with van der Waals surface area (Å²) in [5.41, 5.74) is 12.0. The Kier molecular flexibility index (Phi) is 5.63. The zero-order valence-corrected chi connectivity index (χ0v) is 19.0. The van der Waals surface area contributed by atoms with Crippen LogP contribution in [-0.4, -0.2) is 10.9 Å². The lowest BCUT2D eigenvalue weighted by Crippen LogP contribution is -2.26. The van der Waals surface area contributed by atoms with E-state index in [9.17, 15) is 4.79 Å². The Labute approximate surface area is 196 Å². The summed E-state index contributed by atoms with van der Waals surface area (Å²) in [5.74, 6) is -0.188. The minimum absolute atomic E-state index is 0.134. The van der Waals surface area contributed by atoms with Crippen molar-refractivity contribution in [1.29, 1.82) is 0 Å². The van der Waals surface area contributed by atoms with E-state index >= 15 is 0 Å². The van der Waals surface area contributed by atoms with E-state index < -0.39 is 0 Å². The lowest BCUT2D eigenvalue weighted by Gasteiger charge is -2.13. The molecule has 1 atom stereocenters. The van der Waals surface area contributed by atoms with Crippen molar-refractivity contribution in [1.82, 2.24) is 10.3 Å². The number of nitrogens with zero attached hydrogens (tertiary/aromatic N) is 1. The van der Waals surface area contributed by atoms with Gasteiger partial charge in [-0.15, -0.1) is 11.3 Å². The molecular weight excluding hydrogens is 426 g/mol. The summed E-state index contributed by atoms with van der Waals surface area (Å²) in [6, 6.07) is 32.0. The molecule has 162 valence electrons. The van der Waals surface area contributed by atoms with Crippen LogP contribution >= 0.6 is 11.3 Å². The quantitative estimate of drug-likeness (QED) is 0.314. The highest BCUT2D eigenvalue weighted by atomic mass is 32.1. The van der Waals surface area contributed by atoms with Gasteiger partial charge >= 0.3 is 0 Å². The summed E-state index contributed by atoms with van der Waals surface area (Å²) in [6.07, 6.45) is 0. The third-order valence-corrected chi connectivity index (χ3v) is 6.80. The van der Waals surface area contributed by atoms with E-state index in [1.54, 1.807) is 0 Å². The topological polar surface area (TPSA) is 68.0 Å². The molecule has 0 bridgehead atoms. The number of anilines is 1. The maximum absolute atomic E-state index is 13.2. The van der Waals surface area contributed by atoms with Crippen LogP contribution in [0.1, 0.15) is 28.2 Å². The molecule has 0 aliphatic heterocycles. The number of pyridine rings is 1. The van der Waals surface area contributed by atoms with Crippen LogP contribution in [0, 0.1) is 0 Å². The lowest BCUT2D eigenvalue weighted by molar-refractivity contribution is 0.0945. The van der Waals surface area contributed by atoms with Crippen molar-refractivity contribution in [2.24, 2.45) is 0 Å². The number of nitrogen functional groups attached to an aromatic ring is 1. The van der Waals surface area contributed by atoms with Crippen LogP contribution in [0.3, 0.4) is 0 Å². The van der Waals surface area contributed by atoms with Gasteiger partial charge in [-0.1, -0.05) is 91.0 Å². The molecule has 2 aromatic heterocycles. The Morgan fingerprint density at radius 3 is 2.09 bits per heavy atom. The molecule has 0 aliphatic carbocycles. The molecule has 1 amide bonds. The maximum Gasteiger partial charge on any atom is 0.264 e. The van der Waals surface area contributed by atoms with Gasteiger partial charge in [-0.05, 0) is 29.7 Å². The van der Waals surface area contributed by atoms with Gasteiger partial charge in [0.2, 0.25) is 0 Å². The molecule has 5 aromatic rings. The molecule has 0 aliphatic rings. The first-order chi connectivity index (χ1) is 16.1. The third-order valence-electron chi connectivity index (χ3n) is 5.71. The number of hydrogen-bond acceptors (Lipinski definition) is 4. The first-order valence-electron chi connectivity index (χ1n) is 10.8. The summed E-state index contributed by atoms with van der Waals surface area (Å²) >= 11 is 1.34. The molecule has 0 saturated carbocycles. The Morgan fingerprint density at radius 1 is 0.879 bits per heavy atom. The zero-order chi connectivity index (χ0) is 22.8. The Morgan fingerprint density at radius 2 is 1.45 bits per heavy atom. The summed E-state index contributed by atoms with van der Waals surface area (Å²) in [6.45, 7) is 1.97. The number of amides is 1. The van der Waals surface area contributed by atoms with Crippen molar-refractivity contribution < 1.29 is 4.79 Å². The van der Waals surface area contributed by atoms with Crippen molar-refractivity contribution in [2.45, 2.75) is 13.0 Å². The highest BCUT2D eigenvalue weighted by molar-refractivity contribution is 7.21. The van der Waals surface area contributed by atoms with E-state index in [0.29, 0.717) is 10.6 Å². The van der Waals surface area contributed by atoms with Crippen LogP contribution in [0.4, 0.5) is 5.69 Å². The van der Waals surface area contributed by atoms with Crippen molar-refractivity contribution in [3.8, 4) is 22.4 Å². The van der Waals surface area contributed by atoms with Gasteiger partial charge in [0, 0.05) is 10.9 Å². The second-order valence-corrected chi connectivity index (χ2v) is 8.92.